The molecule has 3 N–H and O–H groups in total. The Bertz CT molecular complexity index is 549. The first kappa shape index (κ1) is 13.1. The number of rotatable bonds is 2. The summed E-state index contributed by atoms with van der Waals surface area (Å²) in [5.41, 5.74) is 6.45. The molecule has 2 heterocycles. The number of amides is 3. The first-order valence-electron chi connectivity index (χ1n) is 6.00. The predicted octanol–water partition coefficient (Wildman–Crippen LogP) is -0.515. The normalized spacial score (nSPS) is 19.5. The highest BCUT2D eigenvalue weighted by molar-refractivity contribution is 6.07. The van der Waals surface area contributed by atoms with Crippen LogP contribution < -0.4 is 11.1 Å². The maximum atomic E-state index is 12.4. The van der Waals surface area contributed by atoms with Gasteiger partial charge in [0.05, 0.1) is 5.69 Å². The van der Waals surface area contributed by atoms with Gasteiger partial charge < -0.3 is 15.2 Å². The average Bonchev–Trinajstić information content (AvgIpc) is 2.66. The molecule has 0 spiro atoms. The number of nitrogen functional groups attached to an aromatic ring is 1. The van der Waals surface area contributed by atoms with Crippen LogP contribution in [0.3, 0.4) is 0 Å². The van der Waals surface area contributed by atoms with E-state index < -0.39 is 17.9 Å². The molecule has 0 aliphatic carbocycles. The zero-order valence-electron chi connectivity index (χ0n) is 10.8. The van der Waals surface area contributed by atoms with E-state index in [1.807, 2.05) is 0 Å². The summed E-state index contributed by atoms with van der Waals surface area (Å²) in [5.74, 6) is -1.27. The van der Waals surface area contributed by atoms with Crippen LogP contribution in [-0.2, 0) is 16.6 Å². The highest BCUT2D eigenvalue weighted by Gasteiger charge is 2.36. The molecule has 1 saturated heterocycles. The predicted molar refractivity (Wildman–Crippen MR) is 68.1 cm³/mol. The number of piperazine rings is 1. The minimum Gasteiger partial charge on any atom is -0.397 e. The summed E-state index contributed by atoms with van der Waals surface area (Å²) in [6, 6.07) is 0.910. The molecule has 1 aliphatic rings. The van der Waals surface area contributed by atoms with E-state index in [0.717, 1.165) is 0 Å². The molecule has 1 aromatic heterocycles. The van der Waals surface area contributed by atoms with E-state index in [0.29, 0.717) is 17.8 Å². The number of aryl methyl sites for hydroxylation is 1. The Morgan fingerprint density at radius 2 is 2.21 bits per heavy atom. The maximum Gasteiger partial charge on any atom is 0.271 e. The van der Waals surface area contributed by atoms with Crippen LogP contribution >= 0.6 is 0 Å². The van der Waals surface area contributed by atoms with Gasteiger partial charge in [0.15, 0.2) is 0 Å². The number of carbonyl (C=O) groups is 3. The summed E-state index contributed by atoms with van der Waals surface area (Å²) in [4.78, 5) is 36.8. The van der Waals surface area contributed by atoms with Crippen LogP contribution in [0.25, 0.3) is 0 Å². The van der Waals surface area contributed by atoms with E-state index in [-0.39, 0.29) is 12.5 Å². The third-order valence-electron chi connectivity index (χ3n) is 3.15. The van der Waals surface area contributed by atoms with Crippen molar-refractivity contribution in [3.63, 3.8) is 0 Å². The van der Waals surface area contributed by atoms with Crippen LogP contribution in [-0.4, -0.2) is 39.8 Å². The fourth-order valence-corrected chi connectivity index (χ4v) is 2.24. The Morgan fingerprint density at radius 1 is 1.53 bits per heavy atom. The molecule has 1 atom stereocenters. The molecule has 19 heavy (non-hydrogen) atoms. The summed E-state index contributed by atoms with van der Waals surface area (Å²) in [6.07, 6.45) is 2.06. The van der Waals surface area contributed by atoms with Gasteiger partial charge in [-0.15, -0.1) is 0 Å². The smallest absolute Gasteiger partial charge is 0.271 e. The number of imide groups is 1. The minimum atomic E-state index is -0.624. The second-order valence-electron chi connectivity index (χ2n) is 4.54. The average molecular weight is 264 g/mol. The SMILES string of the molecule is CCC1C(=O)NC(=O)CN1C(=O)c1cc(N)cn1C. The fraction of sp³-hybridized carbons (Fsp3) is 0.417. The Morgan fingerprint density at radius 3 is 2.74 bits per heavy atom. The van der Waals surface area contributed by atoms with Crippen molar-refractivity contribution in [1.29, 1.82) is 0 Å². The molecule has 0 saturated carbocycles. The van der Waals surface area contributed by atoms with Gasteiger partial charge in [-0.2, -0.15) is 0 Å². The molecule has 7 nitrogen and oxygen atoms in total. The lowest BCUT2D eigenvalue weighted by atomic mass is 10.1. The maximum absolute atomic E-state index is 12.4. The summed E-state index contributed by atoms with van der Waals surface area (Å²) < 4.78 is 1.58. The van der Waals surface area contributed by atoms with Gasteiger partial charge in [0.1, 0.15) is 18.3 Å². The monoisotopic (exact) mass is 264 g/mol. The van der Waals surface area contributed by atoms with Gasteiger partial charge in [-0.05, 0) is 12.5 Å². The summed E-state index contributed by atoms with van der Waals surface area (Å²) in [7, 11) is 1.69. The van der Waals surface area contributed by atoms with E-state index in [9.17, 15) is 14.4 Å². The van der Waals surface area contributed by atoms with Crippen molar-refractivity contribution in [2.75, 3.05) is 12.3 Å². The van der Waals surface area contributed by atoms with Crippen molar-refractivity contribution >= 4 is 23.4 Å². The third kappa shape index (κ3) is 2.31. The zero-order valence-corrected chi connectivity index (χ0v) is 10.8. The highest BCUT2D eigenvalue weighted by Crippen LogP contribution is 2.16. The van der Waals surface area contributed by atoms with Gasteiger partial charge in [0, 0.05) is 13.2 Å². The minimum absolute atomic E-state index is 0.117. The summed E-state index contributed by atoms with van der Waals surface area (Å²) >= 11 is 0. The fourth-order valence-electron chi connectivity index (χ4n) is 2.24. The van der Waals surface area contributed by atoms with Gasteiger partial charge in [-0.3, -0.25) is 19.7 Å². The number of nitrogens with one attached hydrogen (secondary N) is 1. The van der Waals surface area contributed by atoms with E-state index in [1.54, 1.807) is 24.7 Å². The lowest BCUT2D eigenvalue weighted by Gasteiger charge is -2.33. The van der Waals surface area contributed by atoms with Gasteiger partial charge in [0.25, 0.3) is 5.91 Å². The van der Waals surface area contributed by atoms with Crippen LogP contribution in [0, 0.1) is 0 Å². The lowest BCUT2D eigenvalue weighted by Crippen LogP contribution is -2.59. The largest absolute Gasteiger partial charge is 0.397 e. The summed E-state index contributed by atoms with van der Waals surface area (Å²) in [6.45, 7) is 1.67. The molecule has 3 amide bonds. The Labute approximate surface area is 110 Å². The van der Waals surface area contributed by atoms with Crippen molar-refractivity contribution in [3.8, 4) is 0 Å². The molecule has 7 heteroatoms. The molecule has 1 aliphatic heterocycles. The highest BCUT2D eigenvalue weighted by atomic mass is 16.2. The molecular weight excluding hydrogens is 248 g/mol. The molecule has 0 radical (unpaired) electrons. The molecule has 1 unspecified atom stereocenters. The number of anilines is 1. The van der Waals surface area contributed by atoms with Gasteiger partial charge in [0.2, 0.25) is 11.8 Å². The Balaban J connectivity index is 2.32. The second-order valence-corrected chi connectivity index (χ2v) is 4.54. The van der Waals surface area contributed by atoms with Gasteiger partial charge in [-0.25, -0.2) is 0 Å². The van der Waals surface area contributed by atoms with Gasteiger partial charge in [-0.1, -0.05) is 6.92 Å². The Kier molecular flexibility index (Phi) is 3.28. The zero-order chi connectivity index (χ0) is 14.2. The van der Waals surface area contributed by atoms with Crippen molar-refractivity contribution in [1.82, 2.24) is 14.8 Å². The van der Waals surface area contributed by atoms with Crippen molar-refractivity contribution < 1.29 is 14.4 Å². The number of hydrogen-bond donors (Lipinski definition) is 2. The second kappa shape index (κ2) is 4.75. The third-order valence-corrected chi connectivity index (χ3v) is 3.15. The van der Waals surface area contributed by atoms with Crippen LogP contribution in [0.1, 0.15) is 23.8 Å². The van der Waals surface area contributed by atoms with E-state index in [1.165, 1.54) is 11.0 Å². The molecule has 0 aromatic carbocycles. The van der Waals surface area contributed by atoms with Crippen LogP contribution in [0.15, 0.2) is 12.3 Å². The van der Waals surface area contributed by atoms with Crippen LogP contribution in [0.5, 0.6) is 0 Å². The number of nitrogens with two attached hydrogens (primary N) is 1. The molecular formula is C12H16N4O3. The molecule has 102 valence electrons. The van der Waals surface area contributed by atoms with Crippen molar-refractivity contribution in [3.05, 3.63) is 18.0 Å². The van der Waals surface area contributed by atoms with E-state index >= 15 is 0 Å². The lowest BCUT2D eigenvalue weighted by molar-refractivity contribution is -0.138. The van der Waals surface area contributed by atoms with E-state index in [4.69, 9.17) is 5.73 Å². The first-order chi connectivity index (χ1) is 8.93. The number of carbonyl (C=O) groups excluding carboxylic acids is 3. The quantitative estimate of drug-likeness (QED) is 0.703. The number of hydrogen-bond acceptors (Lipinski definition) is 4. The molecule has 2 rings (SSSR count). The Hall–Kier alpha value is -2.31. The number of nitrogens with zero attached hydrogens (tertiary/aromatic N) is 2. The number of aromatic nitrogens is 1. The van der Waals surface area contributed by atoms with Crippen LogP contribution in [0.2, 0.25) is 0 Å². The standard InChI is InChI=1S/C12H16N4O3/c1-3-8-11(18)14-10(17)6-16(8)12(19)9-4-7(13)5-15(9)2/h4-5,8H,3,6,13H2,1-2H3,(H,14,17,18). The molecule has 1 aromatic rings. The van der Waals surface area contributed by atoms with Crippen molar-refractivity contribution in [2.24, 2.45) is 7.05 Å². The van der Waals surface area contributed by atoms with Gasteiger partial charge >= 0.3 is 0 Å². The van der Waals surface area contributed by atoms with E-state index in [2.05, 4.69) is 5.32 Å². The van der Waals surface area contributed by atoms with Crippen LogP contribution in [0.4, 0.5) is 5.69 Å². The first-order valence-corrected chi connectivity index (χ1v) is 6.00. The van der Waals surface area contributed by atoms with Crippen molar-refractivity contribution in [2.45, 2.75) is 19.4 Å². The molecule has 0 bridgehead atoms. The topological polar surface area (TPSA) is 97.4 Å². The molecule has 1 fully saturated rings. The summed E-state index contributed by atoms with van der Waals surface area (Å²) in [5, 5.41) is 2.23.